The molecule has 3 nitrogen and oxygen atoms in total. The summed E-state index contributed by atoms with van der Waals surface area (Å²) in [6.07, 6.45) is -4.45. The summed E-state index contributed by atoms with van der Waals surface area (Å²) >= 11 is 0. The van der Waals surface area contributed by atoms with Gasteiger partial charge in [-0.2, -0.15) is 13.2 Å². The second-order valence-corrected chi connectivity index (χ2v) is 6.22. The molecule has 0 radical (unpaired) electrons. The molecule has 0 aliphatic heterocycles. The maximum absolute atomic E-state index is 12.9. The van der Waals surface area contributed by atoms with Gasteiger partial charge in [-0.15, -0.1) is 0 Å². The third kappa shape index (κ3) is 3.49. The molecule has 6 heteroatoms. The minimum absolute atomic E-state index is 0.0142. The number of nitrogens with one attached hydrogen (secondary N) is 1. The molecule has 0 atom stereocenters. The standard InChI is InChI=1S/C22H14F3NO2/c23-22(24,25)16-8-3-7-15(13-16)19-11-12-20(28-19)21(27)26-18-10-4-6-14-5-1-2-9-17(14)18/h1-13H,(H,26,27). The van der Waals surface area contributed by atoms with E-state index in [1.165, 1.54) is 24.3 Å². The van der Waals surface area contributed by atoms with E-state index in [2.05, 4.69) is 5.32 Å². The summed E-state index contributed by atoms with van der Waals surface area (Å²) in [6.45, 7) is 0. The number of amides is 1. The first-order chi connectivity index (χ1) is 13.4. The molecule has 0 bridgehead atoms. The molecule has 4 aromatic rings. The smallest absolute Gasteiger partial charge is 0.416 e. The summed E-state index contributed by atoms with van der Waals surface area (Å²) in [6, 6.07) is 20.8. The minimum atomic E-state index is -4.45. The van der Waals surface area contributed by atoms with Crippen molar-refractivity contribution in [1.82, 2.24) is 0 Å². The molecule has 28 heavy (non-hydrogen) atoms. The molecule has 140 valence electrons. The quantitative estimate of drug-likeness (QED) is 0.448. The predicted molar refractivity (Wildman–Crippen MR) is 101 cm³/mol. The van der Waals surface area contributed by atoms with Gasteiger partial charge in [0.1, 0.15) is 5.76 Å². The van der Waals surface area contributed by atoms with Crippen LogP contribution in [0.15, 0.2) is 83.3 Å². The Morgan fingerprint density at radius 2 is 1.61 bits per heavy atom. The molecule has 1 N–H and O–H groups in total. The number of furan rings is 1. The first kappa shape index (κ1) is 17.9. The zero-order valence-corrected chi connectivity index (χ0v) is 14.5. The van der Waals surface area contributed by atoms with E-state index in [-0.39, 0.29) is 17.1 Å². The molecule has 0 saturated carbocycles. The van der Waals surface area contributed by atoms with E-state index in [1.54, 1.807) is 6.07 Å². The maximum atomic E-state index is 12.9. The first-order valence-electron chi connectivity index (χ1n) is 8.48. The van der Waals surface area contributed by atoms with Gasteiger partial charge in [0.25, 0.3) is 5.91 Å². The van der Waals surface area contributed by atoms with Crippen LogP contribution in [-0.2, 0) is 6.18 Å². The SMILES string of the molecule is O=C(Nc1cccc2ccccc12)c1ccc(-c2cccc(C(F)(F)F)c2)o1. The average Bonchev–Trinajstić information content (AvgIpc) is 3.18. The highest BCUT2D eigenvalue weighted by Crippen LogP contribution is 2.33. The zero-order chi connectivity index (χ0) is 19.7. The molecule has 0 spiro atoms. The molecule has 0 unspecified atom stereocenters. The summed E-state index contributed by atoms with van der Waals surface area (Å²) in [5.41, 5.74) is 0.0994. The van der Waals surface area contributed by atoms with Crippen LogP contribution in [0.1, 0.15) is 16.1 Å². The molecule has 1 heterocycles. The van der Waals surface area contributed by atoms with Gasteiger partial charge in [-0.25, -0.2) is 0 Å². The second-order valence-electron chi connectivity index (χ2n) is 6.22. The number of rotatable bonds is 3. The van der Waals surface area contributed by atoms with Crippen LogP contribution in [0.5, 0.6) is 0 Å². The van der Waals surface area contributed by atoms with Crippen LogP contribution in [0.2, 0.25) is 0 Å². The van der Waals surface area contributed by atoms with Gasteiger partial charge < -0.3 is 9.73 Å². The Morgan fingerprint density at radius 3 is 2.43 bits per heavy atom. The highest BCUT2D eigenvalue weighted by molar-refractivity contribution is 6.08. The van der Waals surface area contributed by atoms with Crippen LogP contribution in [0.4, 0.5) is 18.9 Å². The lowest BCUT2D eigenvalue weighted by molar-refractivity contribution is -0.137. The number of hydrogen-bond acceptors (Lipinski definition) is 2. The van der Waals surface area contributed by atoms with E-state index in [0.29, 0.717) is 5.69 Å². The largest absolute Gasteiger partial charge is 0.451 e. The molecule has 0 fully saturated rings. The van der Waals surface area contributed by atoms with Crippen LogP contribution >= 0.6 is 0 Å². The Kier molecular flexibility index (Phi) is 4.39. The van der Waals surface area contributed by atoms with Crippen molar-refractivity contribution in [2.75, 3.05) is 5.32 Å². The summed E-state index contributed by atoms with van der Waals surface area (Å²) in [4.78, 5) is 12.5. The number of carbonyl (C=O) groups is 1. The molecule has 4 rings (SSSR count). The molecule has 1 aromatic heterocycles. The Bertz CT molecular complexity index is 1160. The topological polar surface area (TPSA) is 42.2 Å². The fraction of sp³-hybridized carbons (Fsp3) is 0.0455. The monoisotopic (exact) mass is 381 g/mol. The van der Waals surface area contributed by atoms with Gasteiger partial charge in [0.15, 0.2) is 5.76 Å². The predicted octanol–water partition coefficient (Wildman–Crippen LogP) is 6.37. The van der Waals surface area contributed by atoms with Crippen molar-refractivity contribution in [2.45, 2.75) is 6.18 Å². The van der Waals surface area contributed by atoms with Crippen molar-refractivity contribution >= 4 is 22.4 Å². The van der Waals surface area contributed by atoms with Crippen LogP contribution in [0, 0.1) is 0 Å². The normalized spacial score (nSPS) is 11.5. The Hall–Kier alpha value is -3.54. The van der Waals surface area contributed by atoms with Crippen molar-refractivity contribution in [1.29, 1.82) is 0 Å². The van der Waals surface area contributed by atoms with Crippen molar-refractivity contribution in [3.63, 3.8) is 0 Å². The lowest BCUT2D eigenvalue weighted by Gasteiger charge is -2.08. The van der Waals surface area contributed by atoms with Gasteiger partial charge in [0.05, 0.1) is 5.56 Å². The summed E-state index contributed by atoms with van der Waals surface area (Å²) in [5.74, 6) is -0.274. The van der Waals surface area contributed by atoms with Crippen molar-refractivity contribution in [3.05, 3.63) is 90.2 Å². The highest BCUT2D eigenvalue weighted by Gasteiger charge is 2.30. The summed E-state index contributed by atoms with van der Waals surface area (Å²) < 4.78 is 44.2. The highest BCUT2D eigenvalue weighted by atomic mass is 19.4. The Balaban J connectivity index is 1.60. The van der Waals surface area contributed by atoms with E-state index < -0.39 is 17.6 Å². The van der Waals surface area contributed by atoms with Crippen LogP contribution in [-0.4, -0.2) is 5.91 Å². The van der Waals surface area contributed by atoms with Crippen LogP contribution in [0.3, 0.4) is 0 Å². The average molecular weight is 381 g/mol. The second kappa shape index (κ2) is 6.88. The van der Waals surface area contributed by atoms with E-state index in [1.807, 2.05) is 36.4 Å². The van der Waals surface area contributed by atoms with Gasteiger partial charge >= 0.3 is 6.18 Å². The number of fused-ring (bicyclic) bond motifs is 1. The van der Waals surface area contributed by atoms with Gasteiger partial charge in [-0.1, -0.05) is 48.5 Å². The van der Waals surface area contributed by atoms with Crippen molar-refractivity contribution < 1.29 is 22.4 Å². The Labute approximate surface area is 158 Å². The lowest BCUT2D eigenvalue weighted by atomic mass is 10.1. The zero-order valence-electron chi connectivity index (χ0n) is 14.5. The Morgan fingerprint density at radius 1 is 0.857 bits per heavy atom. The number of halogens is 3. The van der Waals surface area contributed by atoms with Crippen molar-refractivity contribution in [2.24, 2.45) is 0 Å². The summed E-state index contributed by atoms with van der Waals surface area (Å²) in [7, 11) is 0. The fourth-order valence-electron chi connectivity index (χ4n) is 2.98. The van der Waals surface area contributed by atoms with E-state index >= 15 is 0 Å². The molecule has 0 saturated heterocycles. The van der Waals surface area contributed by atoms with E-state index in [0.717, 1.165) is 22.9 Å². The van der Waals surface area contributed by atoms with Crippen LogP contribution < -0.4 is 5.32 Å². The molecule has 0 aliphatic rings. The molecule has 0 aliphatic carbocycles. The third-order valence-corrected chi connectivity index (χ3v) is 4.34. The molecular weight excluding hydrogens is 367 g/mol. The molecule has 3 aromatic carbocycles. The van der Waals surface area contributed by atoms with Gasteiger partial charge in [-0.05, 0) is 35.7 Å². The molecule has 1 amide bonds. The number of alkyl halides is 3. The van der Waals surface area contributed by atoms with Crippen molar-refractivity contribution in [3.8, 4) is 11.3 Å². The van der Waals surface area contributed by atoms with E-state index in [4.69, 9.17) is 4.42 Å². The number of hydrogen-bond donors (Lipinski definition) is 1. The number of carbonyl (C=O) groups excluding carboxylic acids is 1. The molecular formula is C22H14F3NO2. The van der Waals surface area contributed by atoms with Gasteiger partial charge in [-0.3, -0.25) is 4.79 Å². The van der Waals surface area contributed by atoms with Gasteiger partial charge in [0.2, 0.25) is 0 Å². The van der Waals surface area contributed by atoms with Gasteiger partial charge in [0, 0.05) is 16.6 Å². The number of benzene rings is 3. The first-order valence-corrected chi connectivity index (χ1v) is 8.48. The minimum Gasteiger partial charge on any atom is -0.451 e. The third-order valence-electron chi connectivity index (χ3n) is 4.34. The van der Waals surface area contributed by atoms with E-state index in [9.17, 15) is 18.0 Å². The summed E-state index contributed by atoms with van der Waals surface area (Å²) in [5, 5.41) is 4.64. The lowest BCUT2D eigenvalue weighted by Crippen LogP contribution is -2.11. The van der Waals surface area contributed by atoms with Crippen LogP contribution in [0.25, 0.3) is 22.1 Å². The maximum Gasteiger partial charge on any atom is 0.416 e. The number of anilines is 1. The fourth-order valence-corrected chi connectivity index (χ4v) is 2.98.